The van der Waals surface area contributed by atoms with Crippen molar-refractivity contribution in [3.8, 4) is 5.75 Å². The topological polar surface area (TPSA) is 59.1 Å². The van der Waals surface area contributed by atoms with Crippen molar-refractivity contribution in [1.29, 1.82) is 0 Å². The molecule has 2 amide bonds. The molecule has 0 fully saturated rings. The van der Waals surface area contributed by atoms with Gasteiger partial charge in [0.05, 0.1) is 12.6 Å². The second-order valence-electron chi connectivity index (χ2n) is 8.45. The lowest BCUT2D eigenvalue weighted by molar-refractivity contribution is -0.135. The van der Waals surface area contributed by atoms with E-state index in [1.54, 1.807) is 41.5 Å². The monoisotopic (exact) mass is 512 g/mol. The van der Waals surface area contributed by atoms with E-state index in [9.17, 15) is 9.59 Å². The zero-order chi connectivity index (χ0) is 24.8. The lowest BCUT2D eigenvalue weighted by atomic mass is 10.00. The van der Waals surface area contributed by atoms with Crippen LogP contribution in [0.1, 0.15) is 32.4 Å². The molecular weight excluding hydrogens is 484 g/mol. The maximum absolute atomic E-state index is 13.6. The van der Waals surface area contributed by atoms with Crippen molar-refractivity contribution in [2.24, 2.45) is 0 Å². The van der Waals surface area contributed by atoms with Gasteiger partial charge in [0.1, 0.15) is 18.9 Å². The molecule has 0 unspecified atom stereocenters. The predicted octanol–water partition coefficient (Wildman–Crippen LogP) is 5.00. The van der Waals surface area contributed by atoms with Crippen molar-refractivity contribution < 1.29 is 19.1 Å². The molecule has 0 aliphatic carbocycles. The molecule has 184 valence electrons. The lowest BCUT2D eigenvalue weighted by Gasteiger charge is -2.37. The standard InChI is InChI=1S/C27H29ClN2O4S/c1-19-5-3-4-6-22(19)27(32)29(14-15-33-2)17-26(31)30-13-11-25-23(12-16-35-25)24(30)18-34-21-9-7-20(28)8-10-21/h3-10,12,16,24H,11,13-15,17-18H2,1-2H3/t24-/m0/s1. The van der Waals surface area contributed by atoms with E-state index in [0.717, 1.165) is 17.5 Å². The van der Waals surface area contributed by atoms with Crippen molar-refractivity contribution in [3.05, 3.63) is 86.6 Å². The zero-order valence-electron chi connectivity index (χ0n) is 19.9. The Balaban J connectivity index is 1.53. The fourth-order valence-electron chi connectivity index (χ4n) is 4.27. The average molecular weight is 513 g/mol. The number of hydrogen-bond acceptors (Lipinski definition) is 5. The predicted molar refractivity (Wildman–Crippen MR) is 138 cm³/mol. The summed E-state index contributed by atoms with van der Waals surface area (Å²) in [6.07, 6.45) is 0.792. The van der Waals surface area contributed by atoms with Crippen molar-refractivity contribution in [3.63, 3.8) is 0 Å². The molecule has 0 N–H and O–H groups in total. The van der Waals surface area contributed by atoms with Crippen molar-refractivity contribution in [2.75, 3.05) is 40.0 Å². The van der Waals surface area contributed by atoms with Gasteiger partial charge in [-0.05, 0) is 66.2 Å². The maximum atomic E-state index is 13.6. The molecule has 1 aromatic heterocycles. The molecule has 0 saturated carbocycles. The third-order valence-corrected chi connectivity index (χ3v) is 7.44. The lowest BCUT2D eigenvalue weighted by Crippen LogP contribution is -2.48. The van der Waals surface area contributed by atoms with Crippen LogP contribution in [-0.2, 0) is 16.0 Å². The van der Waals surface area contributed by atoms with Crippen molar-refractivity contribution in [2.45, 2.75) is 19.4 Å². The first kappa shape index (κ1) is 25.2. The molecule has 0 spiro atoms. The number of halogens is 1. The number of rotatable bonds is 9. The minimum atomic E-state index is -0.231. The second-order valence-corrected chi connectivity index (χ2v) is 9.89. The van der Waals surface area contributed by atoms with Crippen LogP contribution in [0.4, 0.5) is 0 Å². The first-order valence-corrected chi connectivity index (χ1v) is 12.8. The summed E-state index contributed by atoms with van der Waals surface area (Å²) in [4.78, 5) is 31.6. The van der Waals surface area contributed by atoms with Crippen LogP contribution in [0, 0.1) is 6.92 Å². The summed E-state index contributed by atoms with van der Waals surface area (Å²) >= 11 is 7.70. The van der Waals surface area contributed by atoms with Gasteiger partial charge in [0.2, 0.25) is 5.91 Å². The largest absolute Gasteiger partial charge is 0.491 e. The van der Waals surface area contributed by atoms with E-state index in [4.69, 9.17) is 21.1 Å². The van der Waals surface area contributed by atoms with E-state index in [1.807, 2.05) is 42.2 Å². The summed E-state index contributed by atoms with van der Waals surface area (Å²) in [5.74, 6) is 0.417. The summed E-state index contributed by atoms with van der Waals surface area (Å²) in [5, 5.41) is 2.70. The quantitative estimate of drug-likeness (QED) is 0.404. The van der Waals surface area contributed by atoms with E-state index >= 15 is 0 Å². The van der Waals surface area contributed by atoms with Crippen LogP contribution in [-0.4, -0.2) is 61.6 Å². The fourth-order valence-corrected chi connectivity index (χ4v) is 5.33. The van der Waals surface area contributed by atoms with E-state index < -0.39 is 0 Å². The van der Waals surface area contributed by atoms with Gasteiger partial charge in [-0.3, -0.25) is 9.59 Å². The van der Waals surface area contributed by atoms with Gasteiger partial charge in [0, 0.05) is 35.7 Å². The van der Waals surface area contributed by atoms with Gasteiger partial charge in [-0.25, -0.2) is 0 Å². The number of fused-ring (bicyclic) bond motifs is 1. The number of aryl methyl sites for hydroxylation is 1. The molecule has 1 atom stereocenters. The first-order chi connectivity index (χ1) is 17.0. The molecule has 35 heavy (non-hydrogen) atoms. The summed E-state index contributed by atoms with van der Waals surface area (Å²) in [6.45, 7) is 3.46. The summed E-state index contributed by atoms with van der Waals surface area (Å²) in [7, 11) is 1.59. The fraction of sp³-hybridized carbons (Fsp3) is 0.333. The highest BCUT2D eigenvalue weighted by Gasteiger charge is 2.33. The maximum Gasteiger partial charge on any atom is 0.254 e. The Morgan fingerprint density at radius 1 is 1.14 bits per heavy atom. The number of thiophene rings is 1. The number of methoxy groups -OCH3 is 1. The smallest absolute Gasteiger partial charge is 0.254 e. The Bertz CT molecular complexity index is 1160. The number of carbonyl (C=O) groups excluding carboxylic acids is 2. The Hall–Kier alpha value is -2.87. The third-order valence-electron chi connectivity index (χ3n) is 6.19. The van der Waals surface area contributed by atoms with Gasteiger partial charge in [-0.1, -0.05) is 29.8 Å². The molecule has 6 nitrogen and oxygen atoms in total. The van der Waals surface area contributed by atoms with E-state index in [-0.39, 0.29) is 24.4 Å². The van der Waals surface area contributed by atoms with Gasteiger partial charge in [0.25, 0.3) is 5.91 Å². The number of benzene rings is 2. The third kappa shape index (κ3) is 6.04. The van der Waals surface area contributed by atoms with E-state index in [2.05, 4.69) is 11.4 Å². The molecule has 1 aliphatic rings. The molecule has 0 radical (unpaired) electrons. The number of ether oxygens (including phenoxy) is 2. The van der Waals surface area contributed by atoms with E-state index in [1.165, 1.54) is 4.88 Å². The molecule has 0 saturated heterocycles. The van der Waals surface area contributed by atoms with Gasteiger partial charge in [0.15, 0.2) is 0 Å². The molecule has 1 aliphatic heterocycles. The Kier molecular flexibility index (Phi) is 8.44. The zero-order valence-corrected chi connectivity index (χ0v) is 21.5. The van der Waals surface area contributed by atoms with Gasteiger partial charge in [-0.2, -0.15) is 0 Å². The van der Waals surface area contributed by atoms with Crippen LogP contribution in [0.5, 0.6) is 5.75 Å². The Labute approximate surface area is 215 Å². The summed E-state index contributed by atoms with van der Waals surface area (Å²) < 4.78 is 11.3. The van der Waals surface area contributed by atoms with Gasteiger partial charge in [-0.15, -0.1) is 11.3 Å². The Morgan fingerprint density at radius 3 is 2.66 bits per heavy atom. The van der Waals surface area contributed by atoms with Crippen molar-refractivity contribution >= 4 is 34.8 Å². The summed E-state index contributed by atoms with van der Waals surface area (Å²) in [5.41, 5.74) is 2.58. The van der Waals surface area contributed by atoms with Crippen LogP contribution in [0.15, 0.2) is 60.0 Å². The molecule has 4 rings (SSSR count). The van der Waals surface area contributed by atoms with Crippen LogP contribution >= 0.6 is 22.9 Å². The number of nitrogens with zero attached hydrogens (tertiary/aromatic N) is 2. The normalized spacial score (nSPS) is 14.9. The molecule has 2 heterocycles. The Morgan fingerprint density at radius 2 is 1.91 bits per heavy atom. The van der Waals surface area contributed by atoms with E-state index in [0.29, 0.717) is 42.6 Å². The minimum Gasteiger partial charge on any atom is -0.491 e. The highest BCUT2D eigenvalue weighted by atomic mass is 35.5. The van der Waals surface area contributed by atoms with Crippen LogP contribution in [0.3, 0.4) is 0 Å². The van der Waals surface area contributed by atoms with Crippen molar-refractivity contribution in [1.82, 2.24) is 9.80 Å². The van der Waals surface area contributed by atoms with Crippen LogP contribution in [0.25, 0.3) is 0 Å². The van der Waals surface area contributed by atoms with Crippen LogP contribution in [0.2, 0.25) is 5.02 Å². The van der Waals surface area contributed by atoms with Gasteiger partial charge < -0.3 is 19.3 Å². The summed E-state index contributed by atoms with van der Waals surface area (Å²) in [6, 6.07) is 16.5. The number of hydrogen-bond donors (Lipinski definition) is 0. The van der Waals surface area contributed by atoms with Gasteiger partial charge >= 0.3 is 0 Å². The SMILES string of the molecule is COCCN(CC(=O)N1CCc2sccc2[C@@H]1COc1ccc(Cl)cc1)C(=O)c1ccccc1C. The number of carbonyl (C=O) groups is 2. The molecular formula is C27H29ClN2O4S. The highest BCUT2D eigenvalue weighted by molar-refractivity contribution is 7.10. The average Bonchev–Trinajstić information content (AvgIpc) is 3.35. The minimum absolute atomic E-state index is 0.0204. The second kappa shape index (κ2) is 11.7. The molecule has 0 bridgehead atoms. The number of amides is 2. The molecule has 3 aromatic rings. The molecule has 2 aromatic carbocycles. The highest BCUT2D eigenvalue weighted by Crippen LogP contribution is 2.34. The first-order valence-electron chi connectivity index (χ1n) is 11.6. The molecule has 8 heteroatoms. The van der Waals surface area contributed by atoms with Crippen LogP contribution < -0.4 is 4.74 Å².